The number of ether oxygens (including phenoxy) is 1. The van der Waals surface area contributed by atoms with E-state index >= 15 is 0 Å². The van der Waals surface area contributed by atoms with Crippen LogP contribution in [0.4, 0.5) is 11.1 Å². The van der Waals surface area contributed by atoms with Crippen LogP contribution in [0.5, 0.6) is 0 Å². The van der Waals surface area contributed by atoms with Crippen molar-refractivity contribution in [3.63, 3.8) is 0 Å². The van der Waals surface area contributed by atoms with Gasteiger partial charge in [0, 0.05) is 31.2 Å². The highest BCUT2D eigenvalue weighted by molar-refractivity contribution is 7.09. The summed E-state index contributed by atoms with van der Waals surface area (Å²) in [7, 11) is 0. The monoisotopic (exact) mass is 242 g/mol. The number of hydrogen-bond donors (Lipinski definition) is 1. The molecule has 1 aliphatic rings. The largest absolute Gasteiger partial charge is 0.378 e. The molecule has 1 N–H and O–H groups in total. The minimum atomic E-state index is 0.621. The van der Waals surface area contributed by atoms with Gasteiger partial charge in [0.05, 0.1) is 13.2 Å². The zero-order valence-electron chi connectivity index (χ0n) is 9.77. The Morgan fingerprint density at radius 2 is 2.19 bits per heavy atom. The van der Waals surface area contributed by atoms with Gasteiger partial charge in [-0.3, -0.25) is 0 Å². The van der Waals surface area contributed by atoms with E-state index in [1.165, 1.54) is 11.5 Å². The predicted octanol–water partition coefficient (Wildman–Crippen LogP) is 1.44. The molecule has 0 radical (unpaired) electrons. The van der Waals surface area contributed by atoms with Crippen LogP contribution in [-0.4, -0.2) is 42.2 Å². The lowest BCUT2D eigenvalue weighted by Gasteiger charge is -2.25. The van der Waals surface area contributed by atoms with Crippen molar-refractivity contribution in [2.75, 3.05) is 43.1 Å². The molecule has 1 aromatic rings. The van der Waals surface area contributed by atoms with Gasteiger partial charge in [-0.05, 0) is 5.92 Å². The van der Waals surface area contributed by atoms with E-state index in [4.69, 9.17) is 4.74 Å². The molecule has 6 heteroatoms. The molecule has 0 aromatic carbocycles. The Hall–Kier alpha value is -0.880. The van der Waals surface area contributed by atoms with Crippen molar-refractivity contribution < 1.29 is 4.74 Å². The molecule has 1 aliphatic heterocycles. The Morgan fingerprint density at radius 1 is 1.44 bits per heavy atom. The fraction of sp³-hybridized carbons (Fsp3) is 0.800. The van der Waals surface area contributed by atoms with Crippen LogP contribution in [-0.2, 0) is 4.74 Å². The molecule has 2 heterocycles. The average molecular weight is 242 g/mol. The molecule has 0 spiro atoms. The summed E-state index contributed by atoms with van der Waals surface area (Å²) in [6.07, 6.45) is 0. The van der Waals surface area contributed by atoms with Gasteiger partial charge in [0.1, 0.15) is 0 Å². The molecule has 1 saturated heterocycles. The number of nitrogens with one attached hydrogen (secondary N) is 1. The third-order valence-electron chi connectivity index (χ3n) is 2.37. The molecule has 0 amide bonds. The lowest BCUT2D eigenvalue weighted by Crippen LogP contribution is -2.36. The topological polar surface area (TPSA) is 50.3 Å². The number of aromatic nitrogens is 2. The smallest absolute Gasteiger partial charge is 0.239 e. The number of hydrogen-bond acceptors (Lipinski definition) is 6. The van der Waals surface area contributed by atoms with Gasteiger partial charge in [-0.25, -0.2) is 0 Å². The minimum Gasteiger partial charge on any atom is -0.378 e. The second kappa shape index (κ2) is 5.45. The maximum atomic E-state index is 5.30. The molecule has 0 aliphatic carbocycles. The molecule has 2 rings (SSSR count). The van der Waals surface area contributed by atoms with Crippen LogP contribution in [0.2, 0.25) is 0 Å². The minimum absolute atomic E-state index is 0.621. The van der Waals surface area contributed by atoms with Crippen LogP contribution >= 0.6 is 11.5 Å². The third-order valence-corrected chi connectivity index (χ3v) is 3.03. The highest BCUT2D eigenvalue weighted by Crippen LogP contribution is 2.18. The molecule has 5 nitrogen and oxygen atoms in total. The van der Waals surface area contributed by atoms with Gasteiger partial charge < -0.3 is 15.0 Å². The SMILES string of the molecule is CC(C)CNc1nc(N2CCOCC2)ns1. The number of morpholine rings is 1. The molecule has 90 valence electrons. The van der Waals surface area contributed by atoms with Crippen LogP contribution < -0.4 is 10.2 Å². The predicted molar refractivity (Wildman–Crippen MR) is 66.3 cm³/mol. The van der Waals surface area contributed by atoms with Crippen LogP contribution in [0.1, 0.15) is 13.8 Å². The molecule has 0 atom stereocenters. The molecule has 16 heavy (non-hydrogen) atoms. The van der Waals surface area contributed by atoms with E-state index < -0.39 is 0 Å². The van der Waals surface area contributed by atoms with Gasteiger partial charge in [0.2, 0.25) is 11.1 Å². The third kappa shape index (κ3) is 3.05. The second-order valence-corrected chi connectivity index (χ2v) is 5.03. The maximum absolute atomic E-state index is 5.30. The number of rotatable bonds is 4. The van der Waals surface area contributed by atoms with Gasteiger partial charge >= 0.3 is 0 Å². The van der Waals surface area contributed by atoms with E-state index in [-0.39, 0.29) is 0 Å². The lowest BCUT2D eigenvalue weighted by molar-refractivity contribution is 0.122. The van der Waals surface area contributed by atoms with Crippen molar-refractivity contribution in [1.29, 1.82) is 0 Å². The van der Waals surface area contributed by atoms with Crippen LogP contribution in [0, 0.1) is 5.92 Å². The molecule has 0 saturated carbocycles. The van der Waals surface area contributed by atoms with Crippen LogP contribution in [0.15, 0.2) is 0 Å². The van der Waals surface area contributed by atoms with E-state index in [1.807, 2.05) is 0 Å². The number of nitrogens with zero attached hydrogens (tertiary/aromatic N) is 3. The summed E-state index contributed by atoms with van der Waals surface area (Å²) >= 11 is 1.43. The summed E-state index contributed by atoms with van der Waals surface area (Å²) in [6.45, 7) is 8.62. The van der Waals surface area contributed by atoms with Crippen LogP contribution in [0.3, 0.4) is 0 Å². The highest BCUT2D eigenvalue weighted by Gasteiger charge is 2.15. The lowest BCUT2D eigenvalue weighted by atomic mass is 10.2. The second-order valence-electron chi connectivity index (χ2n) is 4.27. The van der Waals surface area contributed by atoms with Crippen molar-refractivity contribution in [2.24, 2.45) is 5.92 Å². The zero-order valence-corrected chi connectivity index (χ0v) is 10.6. The first-order valence-corrected chi connectivity index (χ1v) is 6.43. The first kappa shape index (κ1) is 11.6. The number of anilines is 2. The fourth-order valence-corrected chi connectivity index (χ4v) is 2.07. The Morgan fingerprint density at radius 3 is 2.88 bits per heavy atom. The summed E-state index contributed by atoms with van der Waals surface area (Å²) < 4.78 is 9.65. The first-order chi connectivity index (χ1) is 7.75. The summed E-state index contributed by atoms with van der Waals surface area (Å²) in [5.41, 5.74) is 0. The van der Waals surface area contributed by atoms with Gasteiger partial charge in [0.25, 0.3) is 0 Å². The molecule has 1 aromatic heterocycles. The van der Waals surface area contributed by atoms with Gasteiger partial charge in [0.15, 0.2) is 0 Å². The van der Waals surface area contributed by atoms with Crippen molar-refractivity contribution in [2.45, 2.75) is 13.8 Å². The molecular formula is C10H18N4OS. The Bertz CT molecular complexity index is 322. The fourth-order valence-electron chi connectivity index (χ4n) is 1.47. The molecule has 1 fully saturated rings. The van der Waals surface area contributed by atoms with Crippen LogP contribution in [0.25, 0.3) is 0 Å². The highest BCUT2D eigenvalue weighted by atomic mass is 32.1. The first-order valence-electron chi connectivity index (χ1n) is 5.66. The van der Waals surface area contributed by atoms with Crippen molar-refractivity contribution in [3.05, 3.63) is 0 Å². The van der Waals surface area contributed by atoms with E-state index in [0.29, 0.717) is 5.92 Å². The Labute approximate surface area is 100.0 Å². The zero-order chi connectivity index (χ0) is 11.4. The van der Waals surface area contributed by atoms with Crippen molar-refractivity contribution in [1.82, 2.24) is 9.36 Å². The average Bonchev–Trinajstić information content (AvgIpc) is 2.76. The summed E-state index contributed by atoms with van der Waals surface area (Å²) in [5.74, 6) is 1.45. The molecular weight excluding hydrogens is 224 g/mol. The van der Waals surface area contributed by atoms with Gasteiger partial charge in [-0.1, -0.05) is 13.8 Å². The van der Waals surface area contributed by atoms with E-state index in [2.05, 4.69) is 33.4 Å². The van der Waals surface area contributed by atoms with Crippen molar-refractivity contribution in [3.8, 4) is 0 Å². The van der Waals surface area contributed by atoms with E-state index in [0.717, 1.165) is 43.9 Å². The quantitative estimate of drug-likeness (QED) is 0.866. The van der Waals surface area contributed by atoms with E-state index in [1.54, 1.807) is 0 Å². The maximum Gasteiger partial charge on any atom is 0.239 e. The normalized spacial score (nSPS) is 16.8. The standard InChI is InChI=1S/C10H18N4OS/c1-8(2)7-11-10-12-9(13-16-10)14-3-5-15-6-4-14/h8H,3-7H2,1-2H3,(H,11,12,13). The summed E-state index contributed by atoms with van der Waals surface area (Å²) in [4.78, 5) is 6.64. The molecule has 0 bridgehead atoms. The van der Waals surface area contributed by atoms with E-state index in [9.17, 15) is 0 Å². The Kier molecular flexibility index (Phi) is 3.95. The summed E-state index contributed by atoms with van der Waals surface area (Å²) in [6, 6.07) is 0. The van der Waals surface area contributed by atoms with Gasteiger partial charge in [-0.15, -0.1) is 0 Å². The molecule has 0 unspecified atom stereocenters. The Balaban J connectivity index is 1.90. The van der Waals surface area contributed by atoms with Crippen molar-refractivity contribution >= 4 is 22.6 Å². The summed E-state index contributed by atoms with van der Waals surface area (Å²) in [5, 5.41) is 4.20. The van der Waals surface area contributed by atoms with Gasteiger partial charge in [-0.2, -0.15) is 9.36 Å².